The summed E-state index contributed by atoms with van der Waals surface area (Å²) in [5.41, 5.74) is 2.26. The molecule has 0 radical (unpaired) electrons. The van der Waals surface area contributed by atoms with Crippen molar-refractivity contribution in [2.24, 2.45) is 0 Å². The molecular formula is C18H18N4O3. The Kier molecular flexibility index (Phi) is 3.97. The van der Waals surface area contributed by atoms with E-state index < -0.39 is 0 Å². The Hall–Kier alpha value is -3.09. The van der Waals surface area contributed by atoms with Gasteiger partial charge in [-0.2, -0.15) is 0 Å². The third-order valence-electron chi connectivity index (χ3n) is 4.43. The number of carbonyl (C=O) groups is 2. The van der Waals surface area contributed by atoms with Crippen LogP contribution in [0.5, 0.6) is 5.75 Å². The lowest BCUT2D eigenvalue weighted by atomic mass is 10.1. The number of piperazine rings is 1. The topological polar surface area (TPSA) is 74.8 Å². The van der Waals surface area contributed by atoms with Crippen molar-refractivity contribution >= 4 is 23.2 Å². The van der Waals surface area contributed by atoms with Crippen LogP contribution in [-0.2, 0) is 4.79 Å². The van der Waals surface area contributed by atoms with Crippen LogP contribution in [-0.4, -0.2) is 54.5 Å². The van der Waals surface area contributed by atoms with Gasteiger partial charge in [-0.3, -0.25) is 14.6 Å². The van der Waals surface area contributed by atoms with E-state index in [0.717, 1.165) is 5.69 Å². The van der Waals surface area contributed by atoms with Crippen molar-refractivity contribution in [3.8, 4) is 5.75 Å². The van der Waals surface area contributed by atoms with Gasteiger partial charge in [0.15, 0.2) is 12.4 Å². The first-order valence-corrected chi connectivity index (χ1v) is 8.22. The molecule has 7 heteroatoms. The average molecular weight is 338 g/mol. The first-order chi connectivity index (χ1) is 12.2. The monoisotopic (exact) mass is 338 g/mol. The maximum Gasteiger partial charge on any atom is 0.262 e. The Morgan fingerprint density at radius 3 is 2.72 bits per heavy atom. The minimum Gasteiger partial charge on any atom is -0.479 e. The van der Waals surface area contributed by atoms with Gasteiger partial charge in [-0.25, -0.2) is 0 Å². The SMILES string of the molecule is O=C1COc2c(cccc2N2CCN(C(=O)c3cccnc3)CC2)N1. The van der Waals surface area contributed by atoms with Crippen LogP contribution in [0.15, 0.2) is 42.7 Å². The van der Waals surface area contributed by atoms with Crippen molar-refractivity contribution in [2.75, 3.05) is 43.0 Å². The number of para-hydroxylation sites is 1. The molecule has 25 heavy (non-hydrogen) atoms. The molecule has 0 bridgehead atoms. The first-order valence-electron chi connectivity index (χ1n) is 8.22. The minimum atomic E-state index is -0.142. The average Bonchev–Trinajstić information content (AvgIpc) is 2.67. The quantitative estimate of drug-likeness (QED) is 0.895. The fourth-order valence-corrected chi connectivity index (χ4v) is 3.17. The molecule has 0 saturated carbocycles. The number of ether oxygens (including phenoxy) is 1. The second kappa shape index (κ2) is 6.43. The van der Waals surface area contributed by atoms with Gasteiger partial charge >= 0.3 is 0 Å². The van der Waals surface area contributed by atoms with Crippen LogP contribution in [0.4, 0.5) is 11.4 Å². The molecule has 128 valence electrons. The number of rotatable bonds is 2. The molecule has 1 aromatic carbocycles. The van der Waals surface area contributed by atoms with E-state index >= 15 is 0 Å². The van der Waals surface area contributed by atoms with Gasteiger partial charge in [-0.15, -0.1) is 0 Å². The van der Waals surface area contributed by atoms with E-state index in [1.165, 1.54) is 0 Å². The van der Waals surface area contributed by atoms with Gasteiger partial charge in [0, 0.05) is 38.6 Å². The molecule has 0 atom stereocenters. The van der Waals surface area contributed by atoms with Gasteiger partial charge < -0.3 is 19.9 Å². The van der Waals surface area contributed by atoms with Gasteiger partial charge in [0.05, 0.1) is 16.9 Å². The molecule has 0 unspecified atom stereocenters. The van der Waals surface area contributed by atoms with E-state index in [9.17, 15) is 9.59 Å². The Morgan fingerprint density at radius 1 is 1.12 bits per heavy atom. The molecule has 0 spiro atoms. The number of nitrogens with zero attached hydrogens (tertiary/aromatic N) is 3. The summed E-state index contributed by atoms with van der Waals surface area (Å²) in [4.78, 5) is 32.0. The number of carbonyl (C=O) groups excluding carboxylic acids is 2. The number of aromatic nitrogens is 1. The summed E-state index contributed by atoms with van der Waals surface area (Å²) in [6.07, 6.45) is 3.25. The van der Waals surface area contributed by atoms with E-state index in [4.69, 9.17) is 4.74 Å². The molecule has 2 aromatic rings. The van der Waals surface area contributed by atoms with Gasteiger partial charge in [-0.05, 0) is 24.3 Å². The number of hydrogen-bond acceptors (Lipinski definition) is 5. The molecule has 0 aliphatic carbocycles. The van der Waals surface area contributed by atoms with Crippen LogP contribution in [0, 0.1) is 0 Å². The smallest absolute Gasteiger partial charge is 0.262 e. The van der Waals surface area contributed by atoms with Crippen molar-refractivity contribution in [1.29, 1.82) is 0 Å². The number of anilines is 2. The molecule has 1 fully saturated rings. The molecule has 1 aromatic heterocycles. The second-order valence-electron chi connectivity index (χ2n) is 6.01. The van der Waals surface area contributed by atoms with Crippen molar-refractivity contribution in [1.82, 2.24) is 9.88 Å². The Labute approximate surface area is 145 Å². The van der Waals surface area contributed by atoms with Crippen LogP contribution in [0.1, 0.15) is 10.4 Å². The lowest BCUT2D eigenvalue weighted by Crippen LogP contribution is -2.49. The molecule has 2 aliphatic rings. The van der Waals surface area contributed by atoms with Crippen molar-refractivity contribution in [3.05, 3.63) is 48.3 Å². The van der Waals surface area contributed by atoms with Gasteiger partial charge in [0.1, 0.15) is 0 Å². The summed E-state index contributed by atoms with van der Waals surface area (Å²) in [5, 5.41) is 2.83. The van der Waals surface area contributed by atoms with E-state index in [-0.39, 0.29) is 18.4 Å². The van der Waals surface area contributed by atoms with Crippen molar-refractivity contribution in [3.63, 3.8) is 0 Å². The third-order valence-corrected chi connectivity index (χ3v) is 4.43. The Morgan fingerprint density at radius 2 is 1.96 bits per heavy atom. The zero-order valence-electron chi connectivity index (χ0n) is 13.6. The number of hydrogen-bond donors (Lipinski definition) is 1. The number of nitrogens with one attached hydrogen (secondary N) is 1. The second-order valence-corrected chi connectivity index (χ2v) is 6.01. The molecule has 2 aliphatic heterocycles. The summed E-state index contributed by atoms with van der Waals surface area (Å²) in [7, 11) is 0. The minimum absolute atomic E-state index is 0.00588. The summed E-state index contributed by atoms with van der Waals surface area (Å²) in [5.74, 6) is 0.567. The van der Waals surface area contributed by atoms with E-state index in [2.05, 4.69) is 15.2 Å². The number of fused-ring (bicyclic) bond motifs is 1. The standard InChI is InChI=1S/C18H18N4O3/c23-16-12-25-17-14(20-16)4-1-5-15(17)21-7-9-22(10-8-21)18(24)13-3-2-6-19-11-13/h1-6,11H,7-10,12H2,(H,20,23). The van der Waals surface area contributed by atoms with Crippen molar-refractivity contribution < 1.29 is 14.3 Å². The Bertz CT molecular complexity index is 801. The summed E-state index contributed by atoms with van der Waals surface area (Å²) < 4.78 is 5.62. The highest BCUT2D eigenvalue weighted by atomic mass is 16.5. The van der Waals surface area contributed by atoms with Crippen LogP contribution >= 0.6 is 0 Å². The molecular weight excluding hydrogens is 320 g/mol. The number of amides is 2. The summed E-state index contributed by atoms with van der Waals surface area (Å²) >= 11 is 0. The number of benzene rings is 1. The van der Waals surface area contributed by atoms with Crippen LogP contribution in [0.25, 0.3) is 0 Å². The lowest BCUT2D eigenvalue weighted by molar-refractivity contribution is -0.118. The maximum atomic E-state index is 12.5. The molecule has 1 N–H and O–H groups in total. The van der Waals surface area contributed by atoms with E-state index in [0.29, 0.717) is 43.2 Å². The largest absolute Gasteiger partial charge is 0.479 e. The highest BCUT2D eigenvalue weighted by Gasteiger charge is 2.26. The third kappa shape index (κ3) is 3.00. The predicted octanol–water partition coefficient (Wildman–Crippen LogP) is 1.37. The van der Waals surface area contributed by atoms with Crippen molar-refractivity contribution in [2.45, 2.75) is 0 Å². The molecule has 4 rings (SSSR count). The van der Waals surface area contributed by atoms with Crippen LogP contribution in [0.2, 0.25) is 0 Å². The van der Waals surface area contributed by atoms with Gasteiger partial charge in [-0.1, -0.05) is 6.07 Å². The van der Waals surface area contributed by atoms with Crippen LogP contribution in [0.3, 0.4) is 0 Å². The first kappa shape index (κ1) is 15.4. The zero-order valence-corrected chi connectivity index (χ0v) is 13.6. The lowest BCUT2D eigenvalue weighted by Gasteiger charge is -2.37. The maximum absolute atomic E-state index is 12.5. The molecule has 7 nitrogen and oxygen atoms in total. The van der Waals surface area contributed by atoms with Gasteiger partial charge in [0.25, 0.3) is 11.8 Å². The van der Waals surface area contributed by atoms with Gasteiger partial charge in [0.2, 0.25) is 0 Å². The Balaban J connectivity index is 1.47. The number of pyridine rings is 1. The normalized spacial score (nSPS) is 16.7. The summed E-state index contributed by atoms with van der Waals surface area (Å²) in [6, 6.07) is 9.26. The van der Waals surface area contributed by atoms with E-state index in [1.54, 1.807) is 24.5 Å². The van der Waals surface area contributed by atoms with Crippen LogP contribution < -0.4 is 15.0 Å². The fraction of sp³-hybridized carbons (Fsp3) is 0.278. The fourth-order valence-electron chi connectivity index (χ4n) is 3.17. The molecule has 2 amide bonds. The highest BCUT2D eigenvalue weighted by molar-refractivity contribution is 5.97. The highest BCUT2D eigenvalue weighted by Crippen LogP contribution is 2.38. The zero-order chi connectivity index (χ0) is 17.2. The van der Waals surface area contributed by atoms with E-state index in [1.807, 2.05) is 23.1 Å². The predicted molar refractivity (Wildman–Crippen MR) is 92.9 cm³/mol. The molecule has 1 saturated heterocycles. The molecule has 3 heterocycles. The summed E-state index contributed by atoms with van der Waals surface area (Å²) in [6.45, 7) is 2.70.